The van der Waals surface area contributed by atoms with E-state index in [-0.39, 0.29) is 12.1 Å². The Kier molecular flexibility index (Phi) is 3.88. The van der Waals surface area contributed by atoms with Gasteiger partial charge in [-0.25, -0.2) is 0 Å². The van der Waals surface area contributed by atoms with Crippen molar-refractivity contribution in [3.05, 3.63) is 0 Å². The quantitative estimate of drug-likeness (QED) is 0.763. The minimum atomic E-state index is -0.0316. The van der Waals surface area contributed by atoms with Gasteiger partial charge in [0, 0.05) is 18.6 Å². The fraction of sp³-hybridized carbons (Fsp3) is 1.00. The molecule has 2 unspecified atom stereocenters. The Balaban J connectivity index is 1.94. The van der Waals surface area contributed by atoms with Crippen molar-refractivity contribution in [2.45, 2.75) is 63.1 Å². The molecule has 0 amide bonds. The topological polar surface area (TPSA) is 35.5 Å². The Morgan fingerprint density at radius 2 is 2.00 bits per heavy atom. The molecule has 3 heteroatoms. The molecule has 2 rings (SSSR count). The molecular formula is C13H26N2O. The average molecular weight is 226 g/mol. The van der Waals surface area contributed by atoms with Crippen LogP contribution in [-0.4, -0.2) is 47.8 Å². The van der Waals surface area contributed by atoms with Crippen LogP contribution in [0.1, 0.15) is 45.4 Å². The average Bonchev–Trinajstić information content (AvgIpc) is 2.56. The summed E-state index contributed by atoms with van der Waals surface area (Å²) >= 11 is 0. The molecule has 0 aromatic carbocycles. The highest BCUT2D eigenvalue weighted by Crippen LogP contribution is 2.28. The van der Waals surface area contributed by atoms with Crippen molar-refractivity contribution in [1.82, 2.24) is 10.2 Å². The highest BCUT2D eigenvalue weighted by molar-refractivity contribution is 5.01. The van der Waals surface area contributed by atoms with Crippen LogP contribution < -0.4 is 5.32 Å². The van der Waals surface area contributed by atoms with Gasteiger partial charge in [-0.15, -0.1) is 0 Å². The first-order valence-corrected chi connectivity index (χ1v) is 6.74. The van der Waals surface area contributed by atoms with Gasteiger partial charge >= 0.3 is 0 Å². The fourth-order valence-corrected chi connectivity index (χ4v) is 3.36. The molecule has 2 fully saturated rings. The number of likely N-dealkylation sites (N-methyl/N-ethyl adjacent to an activating group) is 1. The third-order valence-corrected chi connectivity index (χ3v) is 4.41. The maximum Gasteiger partial charge on any atom is 0.0626 e. The predicted molar refractivity (Wildman–Crippen MR) is 66.5 cm³/mol. The molecule has 0 bridgehead atoms. The molecule has 1 saturated heterocycles. The summed E-state index contributed by atoms with van der Waals surface area (Å²) < 4.78 is 0. The molecule has 1 saturated carbocycles. The van der Waals surface area contributed by atoms with Gasteiger partial charge in [0.2, 0.25) is 0 Å². The van der Waals surface area contributed by atoms with E-state index >= 15 is 0 Å². The maximum atomic E-state index is 9.69. The molecule has 0 spiro atoms. The second kappa shape index (κ2) is 5.03. The lowest BCUT2D eigenvalue weighted by Gasteiger charge is -2.35. The number of nitrogens with one attached hydrogen (secondary N) is 1. The molecule has 1 aliphatic carbocycles. The summed E-state index contributed by atoms with van der Waals surface area (Å²) in [5.74, 6) is 0. The van der Waals surface area contributed by atoms with Gasteiger partial charge in [-0.3, -0.25) is 0 Å². The minimum absolute atomic E-state index is 0.0316. The van der Waals surface area contributed by atoms with E-state index in [9.17, 15) is 5.11 Å². The van der Waals surface area contributed by atoms with Gasteiger partial charge in [0.25, 0.3) is 0 Å². The Hall–Kier alpha value is -0.120. The molecule has 2 N–H and O–H groups in total. The lowest BCUT2D eigenvalue weighted by atomic mass is 9.90. The van der Waals surface area contributed by atoms with Crippen molar-refractivity contribution in [1.29, 1.82) is 0 Å². The zero-order valence-corrected chi connectivity index (χ0v) is 10.7. The zero-order valence-electron chi connectivity index (χ0n) is 10.7. The summed E-state index contributed by atoms with van der Waals surface area (Å²) in [4.78, 5) is 2.35. The second-order valence-electron chi connectivity index (χ2n) is 5.89. The van der Waals surface area contributed by atoms with Crippen LogP contribution in [0.2, 0.25) is 0 Å². The molecule has 0 aromatic heterocycles. The largest absolute Gasteiger partial charge is 0.394 e. The molecule has 1 heterocycles. The van der Waals surface area contributed by atoms with E-state index in [0.717, 1.165) is 13.0 Å². The highest BCUT2D eigenvalue weighted by atomic mass is 16.3. The van der Waals surface area contributed by atoms with Crippen LogP contribution in [0.5, 0.6) is 0 Å². The van der Waals surface area contributed by atoms with Crippen LogP contribution in [0, 0.1) is 0 Å². The number of aliphatic hydroxyl groups is 1. The molecule has 94 valence electrons. The molecule has 16 heavy (non-hydrogen) atoms. The Bertz CT molecular complexity index is 216. The maximum absolute atomic E-state index is 9.69. The normalized spacial score (nSPS) is 38.1. The highest BCUT2D eigenvalue weighted by Gasteiger charge is 2.41. The summed E-state index contributed by atoms with van der Waals surface area (Å²) in [6, 6.07) is 1.22. The van der Waals surface area contributed by atoms with Crippen molar-refractivity contribution in [3.63, 3.8) is 0 Å². The van der Waals surface area contributed by atoms with Gasteiger partial charge in [0.1, 0.15) is 0 Å². The monoisotopic (exact) mass is 226 g/mol. The van der Waals surface area contributed by atoms with Gasteiger partial charge in [-0.1, -0.05) is 19.3 Å². The van der Waals surface area contributed by atoms with E-state index < -0.39 is 0 Å². The van der Waals surface area contributed by atoms with Gasteiger partial charge in [0.05, 0.1) is 12.1 Å². The summed E-state index contributed by atoms with van der Waals surface area (Å²) in [7, 11) is 2.16. The van der Waals surface area contributed by atoms with Gasteiger partial charge in [0.15, 0.2) is 0 Å². The molecular weight excluding hydrogens is 200 g/mol. The summed E-state index contributed by atoms with van der Waals surface area (Å²) in [6.07, 6.45) is 7.76. The molecule has 2 aliphatic rings. The molecule has 1 aliphatic heterocycles. The molecule has 3 nitrogen and oxygen atoms in total. The lowest BCUT2D eigenvalue weighted by Crippen LogP contribution is -2.55. The van der Waals surface area contributed by atoms with Gasteiger partial charge < -0.3 is 15.3 Å². The Labute approximate surface area is 99.2 Å². The second-order valence-corrected chi connectivity index (χ2v) is 5.89. The minimum Gasteiger partial charge on any atom is -0.394 e. The van der Waals surface area contributed by atoms with E-state index in [2.05, 4.69) is 24.2 Å². The van der Waals surface area contributed by atoms with E-state index in [4.69, 9.17) is 0 Å². The first-order chi connectivity index (χ1) is 7.65. The SMILES string of the molecule is CC1CC(CO)(NC2CCCCC2)CN1C. The van der Waals surface area contributed by atoms with Crippen LogP contribution in [0.3, 0.4) is 0 Å². The predicted octanol–water partition coefficient (Wildman–Crippen LogP) is 1.36. The van der Waals surface area contributed by atoms with Crippen molar-refractivity contribution in [2.75, 3.05) is 20.2 Å². The van der Waals surface area contributed by atoms with Crippen LogP contribution in [0.4, 0.5) is 0 Å². The number of rotatable bonds is 3. The first kappa shape index (κ1) is 12.3. The number of hydrogen-bond acceptors (Lipinski definition) is 3. The van der Waals surface area contributed by atoms with E-state index in [1.807, 2.05) is 0 Å². The van der Waals surface area contributed by atoms with Crippen LogP contribution in [0.15, 0.2) is 0 Å². The Morgan fingerprint density at radius 1 is 1.31 bits per heavy atom. The number of aliphatic hydroxyl groups excluding tert-OH is 1. The van der Waals surface area contributed by atoms with Crippen molar-refractivity contribution >= 4 is 0 Å². The van der Waals surface area contributed by atoms with Crippen LogP contribution >= 0.6 is 0 Å². The van der Waals surface area contributed by atoms with Crippen molar-refractivity contribution < 1.29 is 5.11 Å². The first-order valence-electron chi connectivity index (χ1n) is 6.74. The lowest BCUT2D eigenvalue weighted by molar-refractivity contribution is 0.142. The van der Waals surface area contributed by atoms with E-state index in [1.165, 1.54) is 32.1 Å². The summed E-state index contributed by atoms with van der Waals surface area (Å²) in [5, 5.41) is 13.4. The summed E-state index contributed by atoms with van der Waals surface area (Å²) in [6.45, 7) is 3.51. The third-order valence-electron chi connectivity index (χ3n) is 4.41. The van der Waals surface area contributed by atoms with Crippen LogP contribution in [-0.2, 0) is 0 Å². The van der Waals surface area contributed by atoms with E-state index in [1.54, 1.807) is 0 Å². The van der Waals surface area contributed by atoms with Crippen molar-refractivity contribution in [3.8, 4) is 0 Å². The molecule has 2 atom stereocenters. The zero-order chi connectivity index (χ0) is 11.6. The number of likely N-dealkylation sites (tertiary alicyclic amines) is 1. The van der Waals surface area contributed by atoms with E-state index in [0.29, 0.717) is 12.1 Å². The molecule has 0 aromatic rings. The van der Waals surface area contributed by atoms with Crippen LogP contribution in [0.25, 0.3) is 0 Å². The standard InChI is InChI=1S/C13H26N2O/c1-11-8-13(10-16,9-15(11)2)14-12-6-4-3-5-7-12/h11-12,14,16H,3-10H2,1-2H3. The fourth-order valence-electron chi connectivity index (χ4n) is 3.36. The summed E-state index contributed by atoms with van der Waals surface area (Å²) in [5.41, 5.74) is -0.0316. The molecule has 0 radical (unpaired) electrons. The van der Waals surface area contributed by atoms with Gasteiger partial charge in [-0.2, -0.15) is 0 Å². The van der Waals surface area contributed by atoms with Gasteiger partial charge in [-0.05, 0) is 33.2 Å². The Morgan fingerprint density at radius 3 is 2.50 bits per heavy atom. The number of nitrogens with zero attached hydrogens (tertiary/aromatic N) is 1. The smallest absolute Gasteiger partial charge is 0.0626 e. The number of hydrogen-bond donors (Lipinski definition) is 2. The third kappa shape index (κ3) is 2.58. The van der Waals surface area contributed by atoms with Crippen molar-refractivity contribution in [2.24, 2.45) is 0 Å².